The van der Waals surface area contributed by atoms with E-state index in [0.717, 1.165) is 12.8 Å². The molecule has 1 unspecified atom stereocenters. The number of rotatable bonds is 2. The van der Waals surface area contributed by atoms with E-state index in [9.17, 15) is 4.79 Å². The van der Waals surface area contributed by atoms with Gasteiger partial charge in [-0.15, -0.1) is 24.2 Å². The minimum Gasteiger partial charge on any atom is -0.298 e. The first-order valence-electron chi connectivity index (χ1n) is 6.11. The van der Waals surface area contributed by atoms with Crippen molar-refractivity contribution < 1.29 is 4.79 Å². The van der Waals surface area contributed by atoms with Gasteiger partial charge in [-0.25, -0.2) is 10.2 Å². The van der Waals surface area contributed by atoms with Gasteiger partial charge in [-0.2, -0.15) is 5.26 Å². The van der Waals surface area contributed by atoms with Gasteiger partial charge in [-0.1, -0.05) is 19.3 Å². The van der Waals surface area contributed by atoms with E-state index in [0.29, 0.717) is 17.7 Å². The van der Waals surface area contributed by atoms with Crippen LogP contribution in [0.5, 0.6) is 0 Å². The zero-order chi connectivity index (χ0) is 12.1. The first-order chi connectivity index (χ1) is 8.31. The van der Waals surface area contributed by atoms with Gasteiger partial charge in [-0.3, -0.25) is 10.3 Å². The Morgan fingerprint density at radius 3 is 2.72 bits per heavy atom. The molecule has 2 rings (SSSR count). The van der Waals surface area contributed by atoms with E-state index in [1.54, 1.807) is 16.7 Å². The van der Waals surface area contributed by atoms with Crippen LogP contribution < -0.4 is 10.9 Å². The molecule has 1 saturated carbocycles. The SMILES string of the molecule is Cl.N#CC1CSCN1C(=O)NNC1CCCCC1. The summed E-state index contributed by atoms with van der Waals surface area (Å²) in [5.74, 6) is 1.32. The number of urea groups is 1. The van der Waals surface area contributed by atoms with Crippen LogP contribution in [0.15, 0.2) is 0 Å². The molecule has 2 fully saturated rings. The Labute approximate surface area is 118 Å². The average Bonchev–Trinajstić information content (AvgIpc) is 2.85. The average molecular weight is 291 g/mol. The van der Waals surface area contributed by atoms with Gasteiger partial charge in [0.2, 0.25) is 0 Å². The van der Waals surface area contributed by atoms with Gasteiger partial charge < -0.3 is 0 Å². The molecule has 1 atom stereocenters. The molecule has 102 valence electrons. The lowest BCUT2D eigenvalue weighted by molar-refractivity contribution is 0.193. The molecule has 2 N–H and O–H groups in total. The Morgan fingerprint density at radius 2 is 2.06 bits per heavy atom. The predicted octanol–water partition coefficient (Wildman–Crippen LogP) is 1.85. The summed E-state index contributed by atoms with van der Waals surface area (Å²) in [6.07, 6.45) is 6.00. The van der Waals surface area contributed by atoms with Crippen LogP contribution in [0.3, 0.4) is 0 Å². The smallest absolute Gasteiger partial charge is 0.298 e. The maximum absolute atomic E-state index is 11.8. The molecule has 0 aromatic rings. The van der Waals surface area contributed by atoms with Crippen molar-refractivity contribution in [3.05, 3.63) is 0 Å². The molecule has 0 aromatic heterocycles. The van der Waals surface area contributed by atoms with Crippen LogP contribution in [-0.4, -0.2) is 34.6 Å². The van der Waals surface area contributed by atoms with Crippen LogP contribution in [-0.2, 0) is 0 Å². The number of nitrogens with one attached hydrogen (secondary N) is 2. The normalized spacial score (nSPS) is 24.2. The molecule has 1 aliphatic carbocycles. The number of nitriles is 1. The Balaban J connectivity index is 0.00000162. The molecular weight excluding hydrogens is 272 g/mol. The molecular formula is C11H19ClN4OS. The highest BCUT2D eigenvalue weighted by Gasteiger charge is 2.29. The molecule has 2 aliphatic rings. The standard InChI is InChI=1S/C11H18N4OS.ClH/c12-6-10-7-17-8-15(10)11(16)14-13-9-4-2-1-3-5-9;/h9-10,13H,1-5,7-8H2,(H,14,16);1H. The fourth-order valence-corrected chi connectivity index (χ4v) is 3.31. The third-order valence-corrected chi connectivity index (χ3v) is 4.29. The summed E-state index contributed by atoms with van der Waals surface area (Å²) >= 11 is 1.62. The van der Waals surface area contributed by atoms with Crippen molar-refractivity contribution >= 4 is 30.2 Å². The minimum atomic E-state index is -0.284. The van der Waals surface area contributed by atoms with Crippen molar-refractivity contribution in [3.8, 4) is 6.07 Å². The van der Waals surface area contributed by atoms with Gasteiger partial charge in [0.15, 0.2) is 0 Å². The third-order valence-electron chi connectivity index (χ3n) is 3.28. The fourth-order valence-electron chi connectivity index (χ4n) is 2.23. The van der Waals surface area contributed by atoms with E-state index in [2.05, 4.69) is 16.9 Å². The summed E-state index contributed by atoms with van der Waals surface area (Å²) in [5.41, 5.74) is 5.81. The number of thioether (sulfide) groups is 1. The van der Waals surface area contributed by atoms with Gasteiger partial charge in [0, 0.05) is 11.8 Å². The molecule has 18 heavy (non-hydrogen) atoms. The van der Waals surface area contributed by atoms with Gasteiger partial charge in [0.25, 0.3) is 0 Å². The molecule has 0 bridgehead atoms. The second-order valence-electron chi connectivity index (χ2n) is 4.52. The maximum atomic E-state index is 11.8. The number of carbonyl (C=O) groups is 1. The van der Waals surface area contributed by atoms with E-state index in [4.69, 9.17) is 5.26 Å². The number of hydrogen-bond donors (Lipinski definition) is 2. The van der Waals surface area contributed by atoms with Crippen LogP contribution in [0.2, 0.25) is 0 Å². The third kappa shape index (κ3) is 3.94. The topological polar surface area (TPSA) is 68.2 Å². The molecule has 0 aromatic carbocycles. The second kappa shape index (κ2) is 7.72. The van der Waals surface area contributed by atoms with E-state index >= 15 is 0 Å². The number of amides is 2. The predicted molar refractivity (Wildman–Crippen MR) is 74.4 cm³/mol. The van der Waals surface area contributed by atoms with Crippen molar-refractivity contribution in [3.63, 3.8) is 0 Å². The first-order valence-corrected chi connectivity index (χ1v) is 7.26. The number of halogens is 1. The summed E-state index contributed by atoms with van der Waals surface area (Å²) < 4.78 is 0. The Morgan fingerprint density at radius 1 is 1.33 bits per heavy atom. The molecule has 1 aliphatic heterocycles. The molecule has 2 amide bonds. The van der Waals surface area contributed by atoms with E-state index in [1.165, 1.54) is 19.3 Å². The zero-order valence-electron chi connectivity index (χ0n) is 10.2. The monoisotopic (exact) mass is 290 g/mol. The summed E-state index contributed by atoms with van der Waals surface area (Å²) in [6.45, 7) is 0. The van der Waals surface area contributed by atoms with Crippen molar-refractivity contribution in [2.45, 2.75) is 44.2 Å². The molecule has 7 heteroatoms. The molecule has 0 radical (unpaired) electrons. The molecule has 1 saturated heterocycles. The lowest BCUT2D eigenvalue weighted by Crippen LogP contribution is -2.51. The van der Waals surface area contributed by atoms with Crippen LogP contribution in [0, 0.1) is 11.3 Å². The summed E-state index contributed by atoms with van der Waals surface area (Å²) in [7, 11) is 0. The number of hydrogen-bond acceptors (Lipinski definition) is 4. The summed E-state index contributed by atoms with van der Waals surface area (Å²) in [4.78, 5) is 13.4. The van der Waals surface area contributed by atoms with Crippen molar-refractivity contribution in [2.75, 3.05) is 11.6 Å². The lowest BCUT2D eigenvalue weighted by Gasteiger charge is -2.25. The summed E-state index contributed by atoms with van der Waals surface area (Å²) in [6, 6.07) is 2.08. The van der Waals surface area contributed by atoms with Gasteiger partial charge in [-0.05, 0) is 12.8 Å². The maximum Gasteiger partial charge on any atom is 0.333 e. The fraction of sp³-hybridized carbons (Fsp3) is 0.818. The Kier molecular flexibility index (Phi) is 6.61. The highest BCUT2D eigenvalue weighted by atomic mass is 35.5. The second-order valence-corrected chi connectivity index (χ2v) is 5.52. The van der Waals surface area contributed by atoms with Crippen molar-refractivity contribution in [1.82, 2.24) is 15.8 Å². The van der Waals surface area contributed by atoms with E-state index in [1.807, 2.05) is 0 Å². The quantitative estimate of drug-likeness (QED) is 0.762. The van der Waals surface area contributed by atoms with Gasteiger partial charge >= 0.3 is 6.03 Å². The van der Waals surface area contributed by atoms with Crippen LogP contribution >= 0.6 is 24.2 Å². The Hall–Kier alpha value is -0.640. The zero-order valence-corrected chi connectivity index (χ0v) is 11.9. The number of nitrogens with zero attached hydrogens (tertiary/aromatic N) is 2. The highest BCUT2D eigenvalue weighted by molar-refractivity contribution is 7.99. The summed E-state index contributed by atoms with van der Waals surface area (Å²) in [5, 5.41) is 8.90. The first kappa shape index (κ1) is 15.4. The van der Waals surface area contributed by atoms with Gasteiger partial charge in [0.05, 0.1) is 11.9 Å². The van der Waals surface area contributed by atoms with E-state index < -0.39 is 0 Å². The lowest BCUT2D eigenvalue weighted by atomic mass is 9.96. The van der Waals surface area contributed by atoms with Crippen molar-refractivity contribution in [2.24, 2.45) is 0 Å². The van der Waals surface area contributed by atoms with Crippen LogP contribution in [0.25, 0.3) is 0 Å². The number of hydrazine groups is 1. The van der Waals surface area contributed by atoms with Crippen molar-refractivity contribution in [1.29, 1.82) is 5.26 Å². The van der Waals surface area contributed by atoms with E-state index in [-0.39, 0.29) is 24.5 Å². The largest absolute Gasteiger partial charge is 0.333 e. The highest BCUT2D eigenvalue weighted by Crippen LogP contribution is 2.20. The number of carbonyl (C=O) groups excluding carboxylic acids is 1. The van der Waals surface area contributed by atoms with Crippen LogP contribution in [0.1, 0.15) is 32.1 Å². The Bertz CT molecular complexity index is 317. The minimum absolute atomic E-state index is 0. The van der Waals surface area contributed by atoms with Crippen LogP contribution in [0.4, 0.5) is 4.79 Å². The molecule has 5 nitrogen and oxygen atoms in total. The molecule has 0 spiro atoms. The molecule has 1 heterocycles. The van der Waals surface area contributed by atoms with Gasteiger partial charge in [0.1, 0.15) is 6.04 Å².